The fraction of sp³-hybridized carbons (Fsp3) is 0.200. The number of carbonyl (C=O) groups excluding carboxylic acids is 2. The van der Waals surface area contributed by atoms with E-state index in [1.807, 2.05) is 0 Å². The summed E-state index contributed by atoms with van der Waals surface area (Å²) in [5, 5.41) is 0. The standard InChI is InChI=1S/C10H9ClO4/c1-14-8-3-2-7(6-12)9(4-8)15-10(13)5-11/h2-4,6H,5H2,1H3. The highest BCUT2D eigenvalue weighted by Crippen LogP contribution is 2.23. The second-order valence-corrected chi connectivity index (χ2v) is 2.90. The van der Waals surface area contributed by atoms with E-state index >= 15 is 0 Å². The number of methoxy groups -OCH3 is 1. The number of esters is 1. The molecule has 0 spiro atoms. The van der Waals surface area contributed by atoms with Crippen LogP contribution in [0.3, 0.4) is 0 Å². The Morgan fingerprint density at radius 1 is 1.53 bits per heavy atom. The van der Waals surface area contributed by atoms with E-state index in [1.54, 1.807) is 6.07 Å². The summed E-state index contributed by atoms with van der Waals surface area (Å²) in [6, 6.07) is 4.55. The number of aldehydes is 1. The summed E-state index contributed by atoms with van der Waals surface area (Å²) >= 11 is 5.28. The van der Waals surface area contributed by atoms with Crippen molar-refractivity contribution < 1.29 is 19.1 Å². The Hall–Kier alpha value is -1.55. The van der Waals surface area contributed by atoms with E-state index in [4.69, 9.17) is 21.1 Å². The molecule has 0 N–H and O–H groups in total. The number of carbonyl (C=O) groups is 2. The summed E-state index contributed by atoms with van der Waals surface area (Å²) in [6.45, 7) is 0. The maximum Gasteiger partial charge on any atom is 0.326 e. The Morgan fingerprint density at radius 2 is 2.27 bits per heavy atom. The van der Waals surface area contributed by atoms with Gasteiger partial charge in [0.25, 0.3) is 0 Å². The lowest BCUT2D eigenvalue weighted by Gasteiger charge is -2.06. The molecule has 0 fully saturated rings. The molecule has 0 atom stereocenters. The quantitative estimate of drug-likeness (QED) is 0.340. The highest BCUT2D eigenvalue weighted by Gasteiger charge is 2.09. The highest BCUT2D eigenvalue weighted by molar-refractivity contribution is 6.26. The van der Waals surface area contributed by atoms with Gasteiger partial charge in [-0.15, -0.1) is 11.6 Å². The van der Waals surface area contributed by atoms with E-state index < -0.39 is 5.97 Å². The second kappa shape index (κ2) is 5.36. The minimum absolute atomic E-state index is 0.148. The topological polar surface area (TPSA) is 52.6 Å². The number of halogens is 1. The first-order valence-corrected chi connectivity index (χ1v) is 4.64. The molecule has 0 aliphatic rings. The SMILES string of the molecule is COc1ccc(C=O)c(OC(=O)CCl)c1. The van der Waals surface area contributed by atoms with E-state index in [1.165, 1.54) is 19.2 Å². The average Bonchev–Trinajstić information content (AvgIpc) is 2.28. The zero-order valence-electron chi connectivity index (χ0n) is 8.03. The van der Waals surface area contributed by atoms with Crippen LogP contribution in [0, 0.1) is 0 Å². The molecule has 0 saturated heterocycles. The summed E-state index contributed by atoms with van der Waals surface area (Å²) in [5.41, 5.74) is 0.272. The van der Waals surface area contributed by atoms with Gasteiger partial charge in [-0.3, -0.25) is 9.59 Å². The molecule has 1 rings (SSSR count). The zero-order chi connectivity index (χ0) is 11.3. The van der Waals surface area contributed by atoms with E-state index in [0.29, 0.717) is 12.0 Å². The normalized spacial score (nSPS) is 9.47. The van der Waals surface area contributed by atoms with Crippen molar-refractivity contribution in [3.63, 3.8) is 0 Å². The Kier molecular flexibility index (Phi) is 4.12. The van der Waals surface area contributed by atoms with Crippen LogP contribution in [0.1, 0.15) is 10.4 Å². The zero-order valence-corrected chi connectivity index (χ0v) is 8.78. The van der Waals surface area contributed by atoms with Gasteiger partial charge in [0.15, 0.2) is 6.29 Å². The second-order valence-electron chi connectivity index (χ2n) is 2.63. The lowest BCUT2D eigenvalue weighted by atomic mass is 10.2. The Bertz CT molecular complexity index is 376. The van der Waals surface area contributed by atoms with Crippen LogP contribution in [-0.2, 0) is 4.79 Å². The number of alkyl halides is 1. The van der Waals surface area contributed by atoms with Crippen LogP contribution in [0.25, 0.3) is 0 Å². The summed E-state index contributed by atoms with van der Waals surface area (Å²) < 4.78 is 9.78. The van der Waals surface area contributed by atoms with E-state index in [0.717, 1.165) is 0 Å². The molecule has 0 aliphatic heterocycles. The molecule has 0 saturated carbocycles. The number of benzene rings is 1. The first-order chi connectivity index (χ1) is 7.21. The monoisotopic (exact) mass is 228 g/mol. The molecule has 0 radical (unpaired) electrons. The lowest BCUT2D eigenvalue weighted by Crippen LogP contribution is -2.10. The number of ether oxygens (including phenoxy) is 2. The summed E-state index contributed by atoms with van der Waals surface area (Å²) in [6.07, 6.45) is 0.594. The molecule has 4 nitrogen and oxygen atoms in total. The molecule has 1 aromatic carbocycles. The van der Waals surface area contributed by atoms with Gasteiger partial charge in [-0.2, -0.15) is 0 Å². The Balaban J connectivity index is 3.00. The predicted octanol–water partition coefficient (Wildman–Crippen LogP) is 1.65. The van der Waals surface area contributed by atoms with E-state index in [9.17, 15) is 9.59 Å². The molecular formula is C10H9ClO4. The maximum atomic E-state index is 10.9. The van der Waals surface area contributed by atoms with Gasteiger partial charge in [0, 0.05) is 6.07 Å². The first-order valence-electron chi connectivity index (χ1n) is 4.11. The summed E-state index contributed by atoms with van der Waals surface area (Å²) in [5.74, 6) is -0.240. The van der Waals surface area contributed by atoms with Crippen LogP contribution >= 0.6 is 11.6 Å². The highest BCUT2D eigenvalue weighted by atomic mass is 35.5. The molecule has 0 unspecified atom stereocenters. The molecule has 15 heavy (non-hydrogen) atoms. The predicted molar refractivity (Wildman–Crippen MR) is 54.7 cm³/mol. The van der Waals surface area contributed by atoms with Gasteiger partial charge in [0.05, 0.1) is 12.7 Å². The van der Waals surface area contributed by atoms with Gasteiger partial charge >= 0.3 is 5.97 Å². The summed E-state index contributed by atoms with van der Waals surface area (Å²) in [7, 11) is 1.48. The van der Waals surface area contributed by atoms with Crippen LogP contribution in [-0.4, -0.2) is 25.2 Å². The molecule has 0 amide bonds. The number of hydrogen-bond acceptors (Lipinski definition) is 4. The minimum atomic E-state index is -0.618. The Labute approximate surface area is 91.7 Å². The van der Waals surface area contributed by atoms with Crippen molar-refractivity contribution in [2.75, 3.05) is 13.0 Å². The number of rotatable bonds is 4. The molecular weight excluding hydrogens is 220 g/mol. The molecule has 1 aromatic rings. The largest absolute Gasteiger partial charge is 0.497 e. The minimum Gasteiger partial charge on any atom is -0.497 e. The third-order valence-corrected chi connectivity index (χ3v) is 1.90. The van der Waals surface area contributed by atoms with Crippen LogP contribution in [0.2, 0.25) is 0 Å². The van der Waals surface area contributed by atoms with Crippen LogP contribution < -0.4 is 9.47 Å². The van der Waals surface area contributed by atoms with Crippen molar-refractivity contribution in [3.8, 4) is 11.5 Å². The lowest BCUT2D eigenvalue weighted by molar-refractivity contribution is -0.131. The molecule has 0 aromatic heterocycles. The molecule has 5 heteroatoms. The third-order valence-electron chi connectivity index (χ3n) is 1.68. The van der Waals surface area contributed by atoms with Crippen molar-refractivity contribution in [1.29, 1.82) is 0 Å². The fourth-order valence-corrected chi connectivity index (χ4v) is 1.03. The maximum absolute atomic E-state index is 10.9. The van der Waals surface area contributed by atoms with Crippen LogP contribution in [0.4, 0.5) is 0 Å². The van der Waals surface area contributed by atoms with Crippen molar-refractivity contribution in [2.45, 2.75) is 0 Å². The van der Waals surface area contributed by atoms with E-state index in [-0.39, 0.29) is 17.2 Å². The average molecular weight is 229 g/mol. The van der Waals surface area contributed by atoms with Gasteiger partial charge in [0.1, 0.15) is 17.4 Å². The van der Waals surface area contributed by atoms with Crippen LogP contribution in [0.5, 0.6) is 11.5 Å². The molecule has 0 aliphatic carbocycles. The number of hydrogen-bond donors (Lipinski definition) is 0. The van der Waals surface area contributed by atoms with Gasteiger partial charge in [-0.05, 0) is 12.1 Å². The van der Waals surface area contributed by atoms with Gasteiger partial charge < -0.3 is 9.47 Å². The molecule has 0 bridgehead atoms. The van der Waals surface area contributed by atoms with Crippen LogP contribution in [0.15, 0.2) is 18.2 Å². The smallest absolute Gasteiger partial charge is 0.326 e. The van der Waals surface area contributed by atoms with Crippen molar-refractivity contribution in [2.24, 2.45) is 0 Å². The van der Waals surface area contributed by atoms with Crippen molar-refractivity contribution >= 4 is 23.9 Å². The van der Waals surface area contributed by atoms with Crippen molar-refractivity contribution in [1.82, 2.24) is 0 Å². The first kappa shape index (κ1) is 11.5. The summed E-state index contributed by atoms with van der Waals surface area (Å²) in [4.78, 5) is 21.6. The Morgan fingerprint density at radius 3 is 2.80 bits per heavy atom. The fourth-order valence-electron chi connectivity index (χ4n) is 0.977. The van der Waals surface area contributed by atoms with Gasteiger partial charge in [-0.25, -0.2) is 0 Å². The molecule has 80 valence electrons. The third kappa shape index (κ3) is 2.95. The van der Waals surface area contributed by atoms with Crippen molar-refractivity contribution in [3.05, 3.63) is 23.8 Å². The van der Waals surface area contributed by atoms with E-state index in [2.05, 4.69) is 0 Å². The van der Waals surface area contributed by atoms with Gasteiger partial charge in [-0.1, -0.05) is 0 Å². The molecule has 0 heterocycles. The van der Waals surface area contributed by atoms with Gasteiger partial charge in [0.2, 0.25) is 0 Å².